The molecule has 8 nitrogen and oxygen atoms in total. The van der Waals surface area contributed by atoms with Crippen LogP contribution in [0.25, 0.3) is 0 Å². The molecular formula is C38H44N2O6S2. The van der Waals surface area contributed by atoms with Crippen LogP contribution in [-0.4, -0.2) is 60.4 Å². The number of thioether (sulfide) groups is 2. The highest BCUT2D eigenvalue weighted by Gasteiger charge is 2.12. The monoisotopic (exact) mass is 688 g/mol. The summed E-state index contributed by atoms with van der Waals surface area (Å²) in [4.78, 5) is 24.4. The molecule has 0 aliphatic carbocycles. The van der Waals surface area contributed by atoms with Crippen molar-refractivity contribution in [3.05, 3.63) is 109 Å². The Morgan fingerprint density at radius 2 is 0.875 bits per heavy atom. The van der Waals surface area contributed by atoms with Gasteiger partial charge in [0.15, 0.2) is 0 Å². The molecule has 0 fully saturated rings. The predicted molar refractivity (Wildman–Crippen MR) is 198 cm³/mol. The van der Waals surface area contributed by atoms with Gasteiger partial charge in [-0.3, -0.25) is 9.59 Å². The Morgan fingerprint density at radius 3 is 1.25 bits per heavy atom. The summed E-state index contributed by atoms with van der Waals surface area (Å²) < 4.78 is 22.5. The lowest BCUT2D eigenvalue weighted by Gasteiger charge is -2.15. The number of carbonyl (C=O) groups excluding carboxylic acids is 2. The van der Waals surface area contributed by atoms with Crippen LogP contribution in [0, 0.1) is 0 Å². The molecule has 4 rings (SSSR count). The minimum atomic E-state index is -0.344. The van der Waals surface area contributed by atoms with E-state index in [9.17, 15) is 9.59 Å². The lowest BCUT2D eigenvalue weighted by Crippen LogP contribution is -2.22. The molecule has 0 bridgehead atoms. The molecule has 0 aliphatic heterocycles. The van der Waals surface area contributed by atoms with Gasteiger partial charge >= 0.3 is 11.9 Å². The van der Waals surface area contributed by atoms with E-state index < -0.39 is 0 Å². The van der Waals surface area contributed by atoms with Crippen LogP contribution in [0.4, 0.5) is 22.7 Å². The van der Waals surface area contributed by atoms with E-state index in [1.54, 1.807) is 23.5 Å². The summed E-state index contributed by atoms with van der Waals surface area (Å²) in [6.45, 7) is 4.23. The topological polar surface area (TPSA) is 95.1 Å². The van der Waals surface area contributed by atoms with Crippen LogP contribution in [0.3, 0.4) is 0 Å². The van der Waals surface area contributed by atoms with Crippen LogP contribution in [0.2, 0.25) is 0 Å². The van der Waals surface area contributed by atoms with Crippen molar-refractivity contribution in [1.82, 2.24) is 0 Å². The largest absolute Gasteiger partial charge is 0.490 e. The molecular weight excluding hydrogens is 645 g/mol. The maximum absolute atomic E-state index is 12.2. The van der Waals surface area contributed by atoms with Crippen molar-refractivity contribution in [3.8, 4) is 11.5 Å². The van der Waals surface area contributed by atoms with Crippen LogP contribution < -0.4 is 20.1 Å². The number of para-hydroxylation sites is 2. The van der Waals surface area contributed by atoms with Gasteiger partial charge in [0.1, 0.15) is 36.9 Å². The van der Waals surface area contributed by atoms with Gasteiger partial charge in [-0.05, 0) is 86.6 Å². The Hall–Kier alpha value is -4.28. The predicted octanol–water partition coefficient (Wildman–Crippen LogP) is 8.74. The molecule has 4 aromatic rings. The molecule has 2 atom stereocenters. The van der Waals surface area contributed by atoms with Crippen LogP contribution >= 0.6 is 23.5 Å². The van der Waals surface area contributed by atoms with Gasteiger partial charge in [-0.1, -0.05) is 36.4 Å². The van der Waals surface area contributed by atoms with Crippen molar-refractivity contribution in [2.75, 3.05) is 46.9 Å². The lowest BCUT2D eigenvalue weighted by atomic mass is 10.2. The number of hydrogen-bond acceptors (Lipinski definition) is 10. The van der Waals surface area contributed by atoms with Crippen LogP contribution in [0.1, 0.15) is 26.7 Å². The quantitative estimate of drug-likeness (QED) is 0.0654. The third kappa shape index (κ3) is 14.6. The summed E-state index contributed by atoms with van der Waals surface area (Å²) in [6.07, 6.45) is 0.00749. The summed E-state index contributed by atoms with van der Waals surface area (Å²) in [5.74, 6) is 4.14. The first-order chi connectivity index (χ1) is 23.4. The maximum Gasteiger partial charge on any atom is 0.307 e. The molecule has 0 aliphatic rings. The molecule has 254 valence electrons. The highest BCUT2D eigenvalue weighted by atomic mass is 32.2. The molecule has 4 aromatic carbocycles. The highest BCUT2D eigenvalue weighted by Crippen LogP contribution is 2.22. The molecule has 10 heteroatoms. The van der Waals surface area contributed by atoms with E-state index in [4.69, 9.17) is 18.9 Å². The Labute approximate surface area is 292 Å². The average molecular weight is 689 g/mol. The number of anilines is 4. The third-order valence-corrected chi connectivity index (χ3v) is 8.97. The minimum absolute atomic E-state index is 0.230. The fourth-order valence-corrected chi connectivity index (χ4v) is 6.31. The van der Waals surface area contributed by atoms with Crippen LogP contribution in [0.15, 0.2) is 109 Å². The lowest BCUT2D eigenvalue weighted by molar-refractivity contribution is -0.150. The molecule has 0 spiro atoms. The van der Waals surface area contributed by atoms with Crippen LogP contribution in [-0.2, 0) is 19.1 Å². The van der Waals surface area contributed by atoms with Gasteiger partial charge < -0.3 is 29.6 Å². The second kappa shape index (κ2) is 20.8. The number of rotatable bonds is 21. The molecule has 2 unspecified atom stereocenters. The second-order valence-corrected chi connectivity index (χ2v) is 13.4. The molecule has 0 heterocycles. The molecule has 0 aromatic heterocycles. The van der Waals surface area contributed by atoms with Crippen molar-refractivity contribution >= 4 is 58.2 Å². The Kier molecular flexibility index (Phi) is 15.9. The van der Waals surface area contributed by atoms with Crippen LogP contribution in [0.5, 0.6) is 11.5 Å². The average Bonchev–Trinajstić information content (AvgIpc) is 3.09. The summed E-state index contributed by atoms with van der Waals surface area (Å²) >= 11 is 3.40. The zero-order chi connectivity index (χ0) is 33.8. The fourth-order valence-electron chi connectivity index (χ4n) is 4.34. The van der Waals surface area contributed by atoms with Gasteiger partial charge in [-0.25, -0.2) is 0 Å². The van der Waals surface area contributed by atoms with Crippen molar-refractivity contribution in [3.63, 3.8) is 0 Å². The van der Waals surface area contributed by atoms with Gasteiger partial charge in [0.2, 0.25) is 0 Å². The Morgan fingerprint density at radius 1 is 0.521 bits per heavy atom. The molecule has 2 N–H and O–H groups in total. The number of hydrogen-bond donors (Lipinski definition) is 2. The number of carbonyl (C=O) groups is 2. The number of nitrogens with one attached hydrogen (secondary N) is 2. The third-order valence-electron chi connectivity index (χ3n) is 6.74. The smallest absolute Gasteiger partial charge is 0.307 e. The Balaban J connectivity index is 0.960. The summed E-state index contributed by atoms with van der Waals surface area (Å²) in [6, 6.07) is 35.3. The second-order valence-electron chi connectivity index (χ2n) is 11.0. The van der Waals surface area contributed by atoms with Crippen molar-refractivity contribution in [2.24, 2.45) is 0 Å². The van der Waals surface area contributed by atoms with Gasteiger partial charge in [-0.2, -0.15) is 23.5 Å². The van der Waals surface area contributed by atoms with E-state index in [0.29, 0.717) is 24.3 Å². The Bertz CT molecular complexity index is 1380. The van der Waals surface area contributed by atoms with E-state index in [-0.39, 0.29) is 37.4 Å². The maximum atomic E-state index is 12.2. The first-order valence-electron chi connectivity index (χ1n) is 16.1. The number of esters is 2. The van der Waals surface area contributed by atoms with Gasteiger partial charge in [-0.15, -0.1) is 0 Å². The minimum Gasteiger partial charge on any atom is -0.490 e. The normalized spacial score (nSPS) is 12.0. The molecule has 48 heavy (non-hydrogen) atoms. The SMILES string of the molecule is CC(COc1ccc(Nc2ccccc2)cc1)OC(=O)CCSCCSCCC(=O)OC(C)COc1ccc(Nc2ccccc2)cc1. The zero-order valence-electron chi connectivity index (χ0n) is 27.5. The summed E-state index contributed by atoms with van der Waals surface area (Å²) in [7, 11) is 0. The van der Waals surface area contributed by atoms with Gasteiger partial charge in [0, 0.05) is 45.8 Å². The first-order valence-corrected chi connectivity index (χ1v) is 18.4. The van der Waals surface area contributed by atoms with E-state index in [1.165, 1.54) is 0 Å². The highest BCUT2D eigenvalue weighted by molar-refractivity contribution is 8.02. The van der Waals surface area contributed by atoms with Gasteiger partial charge in [0.25, 0.3) is 0 Å². The zero-order valence-corrected chi connectivity index (χ0v) is 29.1. The first kappa shape index (κ1) is 36.6. The van der Waals surface area contributed by atoms with Crippen molar-refractivity contribution < 1.29 is 28.5 Å². The fraction of sp³-hybridized carbons (Fsp3) is 0.316. The van der Waals surface area contributed by atoms with Gasteiger partial charge in [0.05, 0.1) is 12.8 Å². The van der Waals surface area contributed by atoms with E-state index in [1.807, 2.05) is 123 Å². The van der Waals surface area contributed by atoms with Crippen molar-refractivity contribution in [2.45, 2.75) is 38.9 Å². The summed E-state index contributed by atoms with van der Waals surface area (Å²) in [5, 5.41) is 6.67. The number of benzene rings is 4. The van der Waals surface area contributed by atoms with E-state index in [2.05, 4.69) is 10.6 Å². The standard InChI is InChI=1S/C38H44N2O6S2/c1-29(27-43-35-17-13-33(14-18-35)39-31-9-5-3-6-10-31)45-37(41)21-23-47-25-26-48-24-22-38(42)46-30(2)28-44-36-19-15-34(16-20-36)40-32-11-7-4-8-12-32/h3-20,29-30,39-40H,21-28H2,1-2H3. The van der Waals surface area contributed by atoms with E-state index >= 15 is 0 Å². The molecule has 0 saturated carbocycles. The molecule has 0 amide bonds. The molecule has 0 saturated heterocycles. The van der Waals surface area contributed by atoms with Crippen molar-refractivity contribution in [1.29, 1.82) is 0 Å². The summed E-state index contributed by atoms with van der Waals surface area (Å²) in [5.41, 5.74) is 3.97. The number of ether oxygens (including phenoxy) is 4. The molecule has 0 radical (unpaired) electrons. The van der Waals surface area contributed by atoms with E-state index in [0.717, 1.165) is 45.8 Å².